The highest BCUT2D eigenvalue weighted by atomic mass is 16.5. The van der Waals surface area contributed by atoms with Gasteiger partial charge in [-0.1, -0.05) is 36.4 Å². The van der Waals surface area contributed by atoms with Crippen LogP contribution in [0.5, 0.6) is 11.5 Å². The molecule has 0 unspecified atom stereocenters. The number of rotatable bonds is 8. The Labute approximate surface area is 165 Å². The largest absolute Gasteiger partial charge is 0.493 e. The molecule has 2 aromatic rings. The van der Waals surface area contributed by atoms with E-state index in [0.29, 0.717) is 24.5 Å². The number of imide groups is 1. The third-order valence-electron chi connectivity index (χ3n) is 4.47. The second-order valence-electron chi connectivity index (χ2n) is 6.30. The van der Waals surface area contributed by atoms with Crippen LogP contribution in [0.3, 0.4) is 0 Å². The molecule has 150 valence electrons. The number of carbonyl (C=O) groups is 2. The SMILES string of the molecule is CNC(=O)NC(=O)[C@H](c1ccccc1)N(C)CCc1ccc(OC)c(OC)c1. The van der Waals surface area contributed by atoms with Crippen LogP contribution in [0.1, 0.15) is 17.2 Å². The second-order valence-corrected chi connectivity index (χ2v) is 6.30. The lowest BCUT2D eigenvalue weighted by Crippen LogP contribution is -2.45. The molecule has 0 aliphatic carbocycles. The zero-order valence-corrected chi connectivity index (χ0v) is 16.7. The molecule has 0 bridgehead atoms. The fraction of sp³-hybridized carbons (Fsp3) is 0.333. The Morgan fingerprint density at radius 3 is 2.32 bits per heavy atom. The van der Waals surface area contributed by atoms with Crippen molar-refractivity contribution in [1.82, 2.24) is 15.5 Å². The first-order valence-corrected chi connectivity index (χ1v) is 8.98. The predicted molar refractivity (Wildman–Crippen MR) is 108 cm³/mol. The zero-order valence-electron chi connectivity index (χ0n) is 16.7. The van der Waals surface area contributed by atoms with E-state index in [4.69, 9.17) is 9.47 Å². The first kappa shape index (κ1) is 21.2. The van der Waals surface area contributed by atoms with Gasteiger partial charge in [-0.3, -0.25) is 15.0 Å². The third-order valence-corrected chi connectivity index (χ3v) is 4.47. The van der Waals surface area contributed by atoms with Crippen molar-refractivity contribution in [1.29, 1.82) is 0 Å². The lowest BCUT2D eigenvalue weighted by atomic mass is 10.0. The van der Waals surface area contributed by atoms with E-state index in [1.54, 1.807) is 14.2 Å². The Bertz CT molecular complexity index is 795. The van der Waals surface area contributed by atoms with Gasteiger partial charge in [0.2, 0.25) is 5.91 Å². The Hall–Kier alpha value is -3.06. The fourth-order valence-corrected chi connectivity index (χ4v) is 2.95. The van der Waals surface area contributed by atoms with Crippen molar-refractivity contribution in [3.63, 3.8) is 0 Å². The van der Waals surface area contributed by atoms with Gasteiger partial charge in [0.05, 0.1) is 14.2 Å². The molecule has 7 heteroatoms. The predicted octanol–water partition coefficient (Wildman–Crippen LogP) is 2.38. The van der Waals surface area contributed by atoms with Crippen molar-refractivity contribution in [3.8, 4) is 11.5 Å². The number of nitrogens with zero attached hydrogens (tertiary/aromatic N) is 1. The molecule has 0 aromatic heterocycles. The Kier molecular flexibility index (Phi) is 7.83. The van der Waals surface area contributed by atoms with Gasteiger partial charge in [0, 0.05) is 13.6 Å². The molecular weight excluding hydrogens is 358 g/mol. The molecule has 0 spiro atoms. The van der Waals surface area contributed by atoms with Gasteiger partial charge in [-0.15, -0.1) is 0 Å². The van der Waals surface area contributed by atoms with E-state index in [1.807, 2.05) is 60.5 Å². The summed E-state index contributed by atoms with van der Waals surface area (Å²) in [6.45, 7) is 0.607. The number of carbonyl (C=O) groups excluding carboxylic acids is 2. The molecule has 0 aliphatic rings. The fourth-order valence-electron chi connectivity index (χ4n) is 2.95. The summed E-state index contributed by atoms with van der Waals surface area (Å²) >= 11 is 0. The number of amides is 3. The van der Waals surface area contributed by atoms with Crippen LogP contribution in [0.2, 0.25) is 0 Å². The molecule has 3 amide bonds. The number of methoxy groups -OCH3 is 2. The monoisotopic (exact) mass is 385 g/mol. The van der Waals surface area contributed by atoms with Crippen LogP contribution < -0.4 is 20.1 Å². The first-order chi connectivity index (χ1) is 13.5. The van der Waals surface area contributed by atoms with Gasteiger partial charge in [-0.2, -0.15) is 0 Å². The maximum absolute atomic E-state index is 12.7. The minimum atomic E-state index is -0.585. The second kappa shape index (κ2) is 10.3. The summed E-state index contributed by atoms with van der Waals surface area (Å²) in [5.41, 5.74) is 1.88. The Balaban J connectivity index is 2.15. The molecule has 0 radical (unpaired) electrons. The Morgan fingerprint density at radius 1 is 1.04 bits per heavy atom. The van der Waals surface area contributed by atoms with Crippen molar-refractivity contribution in [2.75, 3.05) is 34.9 Å². The third kappa shape index (κ3) is 5.47. The molecule has 0 fully saturated rings. The summed E-state index contributed by atoms with van der Waals surface area (Å²) in [5.74, 6) is 0.965. The van der Waals surface area contributed by atoms with Gasteiger partial charge in [-0.05, 0) is 36.7 Å². The molecular formula is C21H27N3O4. The minimum absolute atomic E-state index is 0.375. The molecule has 0 heterocycles. The van der Waals surface area contributed by atoms with E-state index in [0.717, 1.165) is 11.1 Å². The lowest BCUT2D eigenvalue weighted by Gasteiger charge is -2.27. The lowest BCUT2D eigenvalue weighted by molar-refractivity contribution is -0.125. The minimum Gasteiger partial charge on any atom is -0.493 e. The van der Waals surface area contributed by atoms with E-state index in [2.05, 4.69) is 10.6 Å². The number of likely N-dealkylation sites (N-methyl/N-ethyl adjacent to an activating group) is 1. The zero-order chi connectivity index (χ0) is 20.5. The number of benzene rings is 2. The topological polar surface area (TPSA) is 79.9 Å². The highest BCUT2D eigenvalue weighted by molar-refractivity contribution is 5.97. The summed E-state index contributed by atoms with van der Waals surface area (Å²) in [5, 5.41) is 4.78. The number of hydrogen-bond donors (Lipinski definition) is 2. The molecule has 0 aliphatic heterocycles. The first-order valence-electron chi connectivity index (χ1n) is 8.98. The molecule has 0 saturated carbocycles. The summed E-state index contributed by atoms with van der Waals surface area (Å²) in [7, 11) is 6.53. The van der Waals surface area contributed by atoms with Crippen LogP contribution >= 0.6 is 0 Å². The van der Waals surface area contributed by atoms with E-state index < -0.39 is 12.1 Å². The molecule has 28 heavy (non-hydrogen) atoms. The van der Waals surface area contributed by atoms with Gasteiger partial charge in [0.1, 0.15) is 6.04 Å². The quantitative estimate of drug-likeness (QED) is 0.729. The molecule has 1 atom stereocenters. The van der Waals surface area contributed by atoms with E-state index >= 15 is 0 Å². The van der Waals surface area contributed by atoms with Gasteiger partial charge >= 0.3 is 6.03 Å². The molecule has 0 saturated heterocycles. The number of ether oxygens (including phenoxy) is 2. The molecule has 2 rings (SSSR count). The standard InChI is InChI=1S/C21H27N3O4/c1-22-21(26)23-20(25)19(16-8-6-5-7-9-16)24(2)13-12-15-10-11-17(27-3)18(14-15)28-4/h5-11,14,19H,12-13H2,1-4H3,(H2,22,23,25,26)/t19-/m0/s1. The average Bonchev–Trinajstić information content (AvgIpc) is 2.72. The van der Waals surface area contributed by atoms with Crippen molar-refractivity contribution >= 4 is 11.9 Å². The molecule has 2 N–H and O–H groups in total. The normalized spacial score (nSPS) is 11.6. The highest BCUT2D eigenvalue weighted by Gasteiger charge is 2.26. The van der Waals surface area contributed by atoms with Crippen molar-refractivity contribution in [2.24, 2.45) is 0 Å². The number of urea groups is 1. The average molecular weight is 385 g/mol. The van der Waals surface area contributed by atoms with Crippen LogP contribution in [0.4, 0.5) is 4.79 Å². The van der Waals surface area contributed by atoms with Crippen LogP contribution in [0.15, 0.2) is 48.5 Å². The van der Waals surface area contributed by atoms with Crippen molar-refractivity contribution < 1.29 is 19.1 Å². The summed E-state index contributed by atoms with van der Waals surface area (Å²) in [6.07, 6.45) is 0.702. The van der Waals surface area contributed by atoms with Crippen molar-refractivity contribution in [3.05, 3.63) is 59.7 Å². The summed E-state index contributed by atoms with van der Waals surface area (Å²) < 4.78 is 10.6. The maximum atomic E-state index is 12.7. The highest BCUT2D eigenvalue weighted by Crippen LogP contribution is 2.28. The Morgan fingerprint density at radius 2 is 1.71 bits per heavy atom. The van der Waals surface area contributed by atoms with Gasteiger partial charge in [-0.25, -0.2) is 4.79 Å². The van der Waals surface area contributed by atoms with Crippen molar-refractivity contribution in [2.45, 2.75) is 12.5 Å². The van der Waals surface area contributed by atoms with Gasteiger partial charge < -0.3 is 14.8 Å². The molecule has 7 nitrogen and oxygen atoms in total. The van der Waals surface area contributed by atoms with Crippen LogP contribution in [-0.2, 0) is 11.2 Å². The number of nitrogens with one attached hydrogen (secondary N) is 2. The van der Waals surface area contributed by atoms with E-state index in [-0.39, 0.29) is 5.91 Å². The maximum Gasteiger partial charge on any atom is 0.321 e. The van der Waals surface area contributed by atoms with Crippen LogP contribution in [0.25, 0.3) is 0 Å². The smallest absolute Gasteiger partial charge is 0.321 e. The summed E-state index contributed by atoms with van der Waals surface area (Å²) in [4.78, 5) is 26.2. The van der Waals surface area contributed by atoms with E-state index in [9.17, 15) is 9.59 Å². The van der Waals surface area contributed by atoms with Gasteiger partial charge in [0.25, 0.3) is 0 Å². The summed E-state index contributed by atoms with van der Waals surface area (Å²) in [6, 6.07) is 14.0. The van der Waals surface area contributed by atoms with Crippen LogP contribution in [-0.4, -0.2) is 51.7 Å². The van der Waals surface area contributed by atoms with E-state index in [1.165, 1.54) is 7.05 Å². The van der Waals surface area contributed by atoms with Gasteiger partial charge in [0.15, 0.2) is 11.5 Å². The molecule has 2 aromatic carbocycles. The van der Waals surface area contributed by atoms with Crippen LogP contribution in [0, 0.1) is 0 Å². The number of hydrogen-bond acceptors (Lipinski definition) is 5.